The Hall–Kier alpha value is -1.43. The van der Waals surface area contributed by atoms with Gasteiger partial charge in [-0.1, -0.05) is 10.3 Å². The lowest BCUT2D eigenvalue weighted by atomic mass is 10.3. The van der Waals surface area contributed by atoms with E-state index in [9.17, 15) is 0 Å². The second-order valence-electron chi connectivity index (χ2n) is 2.34. The molecule has 0 aromatic carbocycles. The summed E-state index contributed by atoms with van der Waals surface area (Å²) in [6, 6.07) is 0. The average molecular weight is 201 g/mol. The lowest BCUT2D eigenvalue weighted by molar-refractivity contribution is 0.305. The Kier molecular flexibility index (Phi) is 1.97. The van der Waals surface area contributed by atoms with Gasteiger partial charge in [-0.15, -0.1) is 11.6 Å². The zero-order chi connectivity index (χ0) is 9.26. The molecule has 0 aliphatic rings. The zero-order valence-corrected chi connectivity index (χ0v) is 7.45. The number of alkyl halides is 1. The Labute approximate surface area is 77.8 Å². The molecule has 0 fully saturated rings. The molecule has 68 valence electrons. The van der Waals surface area contributed by atoms with Gasteiger partial charge in [0.1, 0.15) is 11.6 Å². The second kappa shape index (κ2) is 3.14. The van der Waals surface area contributed by atoms with E-state index in [4.69, 9.17) is 16.1 Å². The molecule has 2 aromatic rings. The summed E-state index contributed by atoms with van der Waals surface area (Å²) in [4.78, 5) is 3.96. The number of nitrogens with zero attached hydrogens (tertiary/aromatic N) is 4. The average Bonchev–Trinajstić information content (AvgIpc) is 2.71. The van der Waals surface area contributed by atoms with Crippen LogP contribution in [0.5, 0.6) is 0 Å². The van der Waals surface area contributed by atoms with Crippen LogP contribution in [0.4, 0.5) is 0 Å². The number of aryl methyl sites for hydroxylation is 1. The molecule has 0 N–H and O–H groups in total. The van der Waals surface area contributed by atoms with Crippen molar-refractivity contribution >= 4 is 11.6 Å². The van der Waals surface area contributed by atoms with Crippen molar-refractivity contribution in [2.24, 2.45) is 0 Å². The molecule has 0 amide bonds. The maximum Gasteiger partial charge on any atom is 0.241 e. The predicted molar refractivity (Wildman–Crippen MR) is 41.9 cm³/mol. The highest BCUT2D eigenvalue weighted by Crippen LogP contribution is 2.16. The molecule has 2 aromatic heterocycles. The third-order valence-corrected chi connectivity index (χ3v) is 1.68. The fourth-order valence-corrected chi connectivity index (χ4v) is 0.948. The smallest absolute Gasteiger partial charge is 0.241 e. The summed E-state index contributed by atoms with van der Waals surface area (Å²) in [6.45, 7) is 1.74. The van der Waals surface area contributed by atoms with Gasteiger partial charge < -0.3 is 4.52 Å². The van der Waals surface area contributed by atoms with Crippen molar-refractivity contribution in [1.29, 1.82) is 0 Å². The van der Waals surface area contributed by atoms with Gasteiger partial charge in [-0.3, -0.25) is 0 Å². The Morgan fingerprint density at radius 3 is 2.69 bits per heavy atom. The highest BCUT2D eigenvalue weighted by atomic mass is 35.5. The van der Waals surface area contributed by atoms with Crippen LogP contribution in [0.15, 0.2) is 9.15 Å². The first kappa shape index (κ1) is 8.18. The molecule has 6 nitrogen and oxygen atoms in total. The lowest BCUT2D eigenvalue weighted by Gasteiger charge is -1.81. The van der Waals surface area contributed by atoms with Crippen molar-refractivity contribution in [2.75, 3.05) is 0 Å². The minimum absolute atomic E-state index is 0.178. The molecule has 0 unspecified atom stereocenters. The van der Waals surface area contributed by atoms with Crippen LogP contribution in [0.2, 0.25) is 0 Å². The molecule has 0 aliphatic carbocycles. The van der Waals surface area contributed by atoms with E-state index >= 15 is 0 Å². The Morgan fingerprint density at radius 2 is 2.15 bits per heavy atom. The summed E-state index contributed by atoms with van der Waals surface area (Å²) < 4.78 is 9.28. The maximum atomic E-state index is 5.49. The lowest BCUT2D eigenvalue weighted by Crippen LogP contribution is -1.84. The number of hydrogen-bond acceptors (Lipinski definition) is 6. The molecule has 2 rings (SSSR count). The molecule has 0 saturated carbocycles. The van der Waals surface area contributed by atoms with Gasteiger partial charge >= 0.3 is 0 Å². The fourth-order valence-electron chi connectivity index (χ4n) is 0.840. The van der Waals surface area contributed by atoms with E-state index < -0.39 is 0 Å². The number of rotatable bonds is 2. The predicted octanol–water partition coefficient (Wildman–Crippen LogP) is 1.17. The summed E-state index contributed by atoms with van der Waals surface area (Å²) in [6.07, 6.45) is 0. The van der Waals surface area contributed by atoms with Crippen LogP contribution in [-0.4, -0.2) is 20.5 Å². The van der Waals surface area contributed by atoms with Crippen LogP contribution < -0.4 is 0 Å². The van der Waals surface area contributed by atoms with Crippen LogP contribution >= 0.6 is 11.6 Å². The van der Waals surface area contributed by atoms with Crippen molar-refractivity contribution in [3.05, 3.63) is 11.6 Å². The van der Waals surface area contributed by atoms with Crippen LogP contribution in [0.1, 0.15) is 11.6 Å². The molecular formula is C6H5ClN4O2. The van der Waals surface area contributed by atoms with Crippen LogP contribution in [0.25, 0.3) is 11.5 Å². The summed E-state index contributed by atoms with van der Waals surface area (Å²) in [7, 11) is 0. The van der Waals surface area contributed by atoms with E-state index in [0.29, 0.717) is 23.1 Å². The van der Waals surface area contributed by atoms with Gasteiger partial charge in [-0.05, 0) is 12.1 Å². The van der Waals surface area contributed by atoms with E-state index in [-0.39, 0.29) is 5.88 Å². The van der Waals surface area contributed by atoms with E-state index in [1.807, 2.05) is 0 Å². The topological polar surface area (TPSA) is 77.8 Å². The van der Waals surface area contributed by atoms with Crippen molar-refractivity contribution in [1.82, 2.24) is 20.5 Å². The van der Waals surface area contributed by atoms with Crippen molar-refractivity contribution in [3.63, 3.8) is 0 Å². The Balaban J connectivity index is 2.41. The minimum atomic E-state index is 0.178. The number of halogens is 1. The SMILES string of the molecule is Cc1nonc1-c1noc(CCl)n1. The van der Waals surface area contributed by atoms with Crippen molar-refractivity contribution in [2.45, 2.75) is 12.8 Å². The van der Waals surface area contributed by atoms with Gasteiger partial charge in [0.2, 0.25) is 11.7 Å². The minimum Gasteiger partial charge on any atom is -0.338 e. The fraction of sp³-hybridized carbons (Fsp3) is 0.333. The van der Waals surface area contributed by atoms with E-state index in [0.717, 1.165) is 0 Å². The van der Waals surface area contributed by atoms with Crippen molar-refractivity contribution in [3.8, 4) is 11.5 Å². The molecule has 0 radical (unpaired) electrons. The summed E-state index contributed by atoms with van der Waals surface area (Å²) in [5.41, 5.74) is 1.09. The third-order valence-electron chi connectivity index (χ3n) is 1.45. The van der Waals surface area contributed by atoms with Crippen LogP contribution in [0.3, 0.4) is 0 Å². The summed E-state index contributed by atoms with van der Waals surface area (Å²) in [5.74, 6) is 0.866. The number of aromatic nitrogens is 4. The van der Waals surface area contributed by atoms with Crippen LogP contribution in [-0.2, 0) is 5.88 Å². The van der Waals surface area contributed by atoms with Crippen LogP contribution in [0, 0.1) is 6.92 Å². The standard InChI is InChI=1S/C6H5ClN4O2/c1-3-5(10-13-9-3)6-8-4(2-7)12-11-6/h2H2,1H3. The summed E-state index contributed by atoms with van der Waals surface area (Å²) >= 11 is 5.49. The molecule has 0 saturated heterocycles. The number of hydrogen-bond donors (Lipinski definition) is 0. The van der Waals surface area contributed by atoms with Gasteiger partial charge in [0.05, 0.1) is 0 Å². The van der Waals surface area contributed by atoms with Crippen molar-refractivity contribution < 1.29 is 9.15 Å². The second-order valence-corrected chi connectivity index (χ2v) is 2.61. The molecule has 2 heterocycles. The van der Waals surface area contributed by atoms with Gasteiger partial charge in [0, 0.05) is 0 Å². The third kappa shape index (κ3) is 1.40. The largest absolute Gasteiger partial charge is 0.338 e. The molecule has 0 atom stereocenters. The summed E-state index contributed by atoms with van der Waals surface area (Å²) in [5, 5.41) is 10.9. The quantitative estimate of drug-likeness (QED) is 0.677. The Bertz CT molecular complexity index is 410. The molecule has 0 bridgehead atoms. The first-order chi connectivity index (χ1) is 6.31. The molecule has 0 aliphatic heterocycles. The molecular weight excluding hydrogens is 196 g/mol. The van der Waals surface area contributed by atoms with Gasteiger partial charge in [-0.25, -0.2) is 4.63 Å². The van der Waals surface area contributed by atoms with E-state index in [1.54, 1.807) is 6.92 Å². The van der Waals surface area contributed by atoms with Gasteiger partial charge in [0.25, 0.3) is 0 Å². The van der Waals surface area contributed by atoms with E-state index in [1.165, 1.54) is 0 Å². The van der Waals surface area contributed by atoms with Gasteiger partial charge in [-0.2, -0.15) is 4.98 Å². The first-order valence-electron chi connectivity index (χ1n) is 3.49. The molecule has 7 heteroatoms. The van der Waals surface area contributed by atoms with Gasteiger partial charge in [0.15, 0.2) is 5.69 Å². The maximum absolute atomic E-state index is 5.49. The van der Waals surface area contributed by atoms with E-state index in [2.05, 4.69) is 25.1 Å². The molecule has 13 heavy (non-hydrogen) atoms. The monoisotopic (exact) mass is 200 g/mol. The first-order valence-corrected chi connectivity index (χ1v) is 4.03. The normalized spacial score (nSPS) is 10.6. The Morgan fingerprint density at radius 1 is 1.31 bits per heavy atom. The molecule has 0 spiro atoms. The zero-order valence-electron chi connectivity index (χ0n) is 6.69. The highest BCUT2D eigenvalue weighted by Gasteiger charge is 2.14. The highest BCUT2D eigenvalue weighted by molar-refractivity contribution is 6.16.